The summed E-state index contributed by atoms with van der Waals surface area (Å²) in [6.07, 6.45) is -10.6. The molecule has 0 saturated carbocycles. The quantitative estimate of drug-likeness (QED) is 0.0548. The molecule has 11 aromatic rings. The summed E-state index contributed by atoms with van der Waals surface area (Å²) in [5.41, 5.74) is -3.31. The fourth-order valence-corrected chi connectivity index (χ4v) is 20.3. The van der Waals surface area contributed by atoms with Crippen LogP contribution in [0.25, 0.3) is 21.5 Å². The number of halogens is 8. The van der Waals surface area contributed by atoms with Crippen LogP contribution in [0.15, 0.2) is 273 Å². The molecule has 16 heteroatoms. The van der Waals surface area contributed by atoms with Crippen molar-refractivity contribution < 1.29 is 48.9 Å². The molecular weight excluding hydrogens is 1110 g/mol. The summed E-state index contributed by atoms with van der Waals surface area (Å²) in [5, 5.41) is 4.93. The van der Waals surface area contributed by atoms with Crippen molar-refractivity contribution in [2.45, 2.75) is 12.4 Å². The maximum absolute atomic E-state index is 15.1. The first-order valence-corrected chi connectivity index (χ1v) is 30.0. The standard InChI is InChI=1S/C64H45BCl2F6O5P2/c66-59-41-39-46-23-19-21-37-57(46)61(59)75-79(51-25-7-1-8-26-51,52-27-9-2-10-28-52,53-29-11-3-12-30-53)77-65(74-50-44-48(63(68,69)70)43-49(45-50)64(71,72)73)78-80(54-31-13-4-14-32-54,55-33-15-5-16-34-55,56-35-17-6-18-36-56)76-62-58-38-22-20-24-47(58)40-42-60(62)67/h1-45H. The van der Waals surface area contributed by atoms with E-state index in [-0.39, 0.29) is 27.6 Å². The molecule has 0 unspecified atom stereocenters. The molecule has 0 aromatic heterocycles. The Morgan fingerprint density at radius 2 is 0.600 bits per heavy atom. The van der Waals surface area contributed by atoms with Gasteiger partial charge in [0.1, 0.15) is 0 Å². The summed E-state index contributed by atoms with van der Waals surface area (Å²) in [6.45, 7) is 0. The van der Waals surface area contributed by atoms with Crippen LogP contribution in [-0.4, -0.2) is 7.32 Å². The molecule has 80 heavy (non-hydrogen) atoms. The van der Waals surface area contributed by atoms with Gasteiger partial charge in [0, 0.05) is 0 Å². The molecule has 0 radical (unpaired) electrons. The fourth-order valence-electron chi connectivity index (χ4n) is 10.3. The van der Waals surface area contributed by atoms with Crippen LogP contribution in [0.5, 0.6) is 17.2 Å². The first kappa shape index (κ1) is 54.3. The second-order valence-electron chi connectivity index (χ2n) is 18.7. The summed E-state index contributed by atoms with van der Waals surface area (Å²) in [7, 11) is -13.8. The van der Waals surface area contributed by atoms with Crippen LogP contribution < -0.4 is 45.5 Å². The summed E-state index contributed by atoms with van der Waals surface area (Å²) in [5.74, 6) is -0.677. The van der Waals surface area contributed by atoms with Gasteiger partial charge < -0.3 is 0 Å². The van der Waals surface area contributed by atoms with E-state index in [1.165, 1.54) is 0 Å². The van der Waals surface area contributed by atoms with Crippen molar-refractivity contribution in [2.75, 3.05) is 0 Å². The van der Waals surface area contributed by atoms with Crippen LogP contribution in [0.3, 0.4) is 0 Å². The van der Waals surface area contributed by atoms with Crippen LogP contribution in [0.4, 0.5) is 26.3 Å². The van der Waals surface area contributed by atoms with Crippen molar-refractivity contribution in [3.8, 4) is 17.2 Å². The zero-order chi connectivity index (χ0) is 55.6. The van der Waals surface area contributed by atoms with Gasteiger partial charge >= 0.3 is 471 Å². The predicted octanol–water partition coefficient (Wildman–Crippen LogP) is 16.6. The van der Waals surface area contributed by atoms with E-state index in [0.29, 0.717) is 65.5 Å². The molecule has 0 atom stereocenters. The van der Waals surface area contributed by atoms with Gasteiger partial charge in [-0.2, -0.15) is 0 Å². The minimum absolute atomic E-state index is 0.0245. The zero-order valence-electron chi connectivity index (χ0n) is 42.0. The number of hydrogen-bond acceptors (Lipinski definition) is 5. The Kier molecular flexibility index (Phi) is 14.5. The first-order valence-electron chi connectivity index (χ1n) is 25.1. The Morgan fingerprint density at radius 3 is 0.887 bits per heavy atom. The van der Waals surface area contributed by atoms with Gasteiger partial charge in [0.25, 0.3) is 0 Å². The fraction of sp³-hybridized carbons (Fsp3) is 0.0312. The second kappa shape index (κ2) is 21.4. The molecule has 0 aliphatic rings. The molecule has 11 aromatic carbocycles. The average Bonchev–Trinajstić information content (AvgIpc) is 3.49. The van der Waals surface area contributed by atoms with E-state index in [9.17, 15) is 0 Å². The number of alkyl halides is 6. The predicted molar refractivity (Wildman–Crippen MR) is 314 cm³/mol. The molecule has 0 amide bonds. The molecule has 0 N–H and O–H groups in total. The third-order valence-corrected chi connectivity index (χ3v) is 24.1. The minimum atomic E-state index is -5.67. The van der Waals surface area contributed by atoms with Gasteiger partial charge in [-0.15, -0.1) is 0 Å². The van der Waals surface area contributed by atoms with Crippen molar-refractivity contribution in [3.05, 3.63) is 294 Å². The van der Waals surface area contributed by atoms with Crippen molar-refractivity contribution >= 4 is 98.0 Å². The van der Waals surface area contributed by atoms with Crippen molar-refractivity contribution in [2.24, 2.45) is 0 Å². The molecule has 0 fully saturated rings. The molecule has 11 rings (SSSR count). The summed E-state index contributed by atoms with van der Waals surface area (Å²) < 4.78 is 130. The van der Waals surface area contributed by atoms with Gasteiger partial charge in [0.05, 0.1) is 0 Å². The first-order chi connectivity index (χ1) is 38.6. The third-order valence-electron chi connectivity index (χ3n) is 13.9. The molecule has 0 aliphatic heterocycles. The Hall–Kier alpha value is -7.66. The molecule has 400 valence electrons. The topological polar surface area (TPSA) is 46.2 Å². The normalized spacial score (nSPS) is 13.2. The zero-order valence-corrected chi connectivity index (χ0v) is 45.3. The molecule has 0 saturated heterocycles. The number of fused-ring (bicyclic) bond motifs is 2. The SMILES string of the molecule is FC(F)(F)c1cc(OB(OP(Oc2c(Cl)ccc3ccccc23)(c2ccccc2)(c2ccccc2)c2ccccc2)OP(Oc2c(Cl)ccc3ccccc23)(c2ccccc2)(c2ccccc2)c2ccccc2)cc(C(F)(F)F)c1. The van der Waals surface area contributed by atoms with Crippen molar-refractivity contribution in [3.63, 3.8) is 0 Å². The number of benzene rings is 11. The summed E-state index contributed by atoms with van der Waals surface area (Å²) in [6, 6.07) is 75.9. The summed E-state index contributed by atoms with van der Waals surface area (Å²) in [4.78, 5) is 0. The monoisotopic (exact) mass is 1150 g/mol. The van der Waals surface area contributed by atoms with E-state index < -0.39 is 50.7 Å². The van der Waals surface area contributed by atoms with Crippen LogP contribution >= 0.6 is 37.3 Å². The average molecular weight is 1150 g/mol. The Labute approximate surface area is 468 Å². The van der Waals surface area contributed by atoms with Crippen LogP contribution in [0.2, 0.25) is 10.0 Å². The Balaban J connectivity index is 1.34. The van der Waals surface area contributed by atoms with Gasteiger partial charge in [-0.05, 0) is 0 Å². The van der Waals surface area contributed by atoms with E-state index in [2.05, 4.69) is 0 Å². The number of rotatable bonds is 16. The van der Waals surface area contributed by atoms with Gasteiger partial charge in [-0.25, -0.2) is 0 Å². The van der Waals surface area contributed by atoms with Gasteiger partial charge in [0.15, 0.2) is 0 Å². The molecular formula is C64H45BCl2F6O5P2. The van der Waals surface area contributed by atoms with Crippen LogP contribution in [-0.2, 0) is 21.2 Å². The van der Waals surface area contributed by atoms with E-state index in [1.807, 2.05) is 60.7 Å². The Morgan fingerprint density at radius 1 is 0.325 bits per heavy atom. The summed E-state index contributed by atoms with van der Waals surface area (Å²) >= 11 is 14.8. The molecule has 0 spiro atoms. The van der Waals surface area contributed by atoms with Gasteiger partial charge in [-0.1, -0.05) is 0 Å². The Bertz CT molecular complexity index is 3530. The molecule has 0 aliphatic carbocycles. The van der Waals surface area contributed by atoms with E-state index in [0.717, 1.165) is 0 Å². The molecule has 0 heterocycles. The third kappa shape index (κ3) is 9.54. The molecule has 5 nitrogen and oxygen atoms in total. The van der Waals surface area contributed by atoms with Gasteiger partial charge in [0.2, 0.25) is 0 Å². The van der Waals surface area contributed by atoms with E-state index in [4.69, 9.17) is 45.8 Å². The van der Waals surface area contributed by atoms with Gasteiger partial charge in [-0.3, -0.25) is 0 Å². The van der Waals surface area contributed by atoms with E-state index >= 15 is 26.3 Å². The number of hydrogen-bond donors (Lipinski definition) is 0. The molecule has 0 bridgehead atoms. The van der Waals surface area contributed by atoms with Crippen molar-refractivity contribution in [1.82, 2.24) is 0 Å². The second-order valence-corrected chi connectivity index (χ2v) is 27.2. The van der Waals surface area contributed by atoms with E-state index in [1.54, 1.807) is 194 Å². The van der Waals surface area contributed by atoms with Crippen LogP contribution in [0, 0.1) is 0 Å². The van der Waals surface area contributed by atoms with Crippen LogP contribution in [0.1, 0.15) is 11.1 Å². The van der Waals surface area contributed by atoms with Crippen molar-refractivity contribution in [1.29, 1.82) is 0 Å². The maximum atomic E-state index is 15.1.